The molecule has 2 aromatic rings. The number of esters is 2. The fourth-order valence-electron chi connectivity index (χ4n) is 1.91. The minimum absolute atomic E-state index is 0.354. The highest BCUT2D eigenvalue weighted by Gasteiger charge is 2.15. The summed E-state index contributed by atoms with van der Waals surface area (Å²) >= 11 is 8.20. The largest absolute Gasteiger partial charge is 0.426 e. The van der Waals surface area contributed by atoms with E-state index < -0.39 is 11.9 Å². The van der Waals surface area contributed by atoms with E-state index in [1.165, 1.54) is 13.8 Å². The Hall–Kier alpha value is -1.60. The summed E-state index contributed by atoms with van der Waals surface area (Å²) in [7, 11) is 0. The first-order chi connectivity index (χ1) is 10.4. The Balaban J connectivity index is 2.63. The molecule has 4 nitrogen and oxygen atoms in total. The smallest absolute Gasteiger partial charge is 0.308 e. The SMILES string of the molecule is CC(=O)Oc1ccc(Cl)cc1-c1cc(I)ccc1OC(C)=O. The van der Waals surface area contributed by atoms with E-state index in [0.29, 0.717) is 27.6 Å². The van der Waals surface area contributed by atoms with Crippen LogP contribution in [0.25, 0.3) is 11.1 Å². The Morgan fingerprint density at radius 2 is 1.41 bits per heavy atom. The fourth-order valence-corrected chi connectivity index (χ4v) is 2.58. The minimum atomic E-state index is -0.441. The van der Waals surface area contributed by atoms with Gasteiger partial charge in [-0.1, -0.05) is 11.6 Å². The van der Waals surface area contributed by atoms with Crippen LogP contribution in [0.5, 0.6) is 11.5 Å². The molecule has 0 saturated carbocycles. The van der Waals surface area contributed by atoms with E-state index in [1.54, 1.807) is 24.3 Å². The standard InChI is InChI=1S/C16H12ClIO4/c1-9(19)21-15-5-3-11(17)7-13(15)14-8-12(18)4-6-16(14)22-10(2)20/h3-8H,1-2H3. The van der Waals surface area contributed by atoms with Gasteiger partial charge in [0.05, 0.1) is 0 Å². The summed E-state index contributed by atoms with van der Waals surface area (Å²) in [5, 5.41) is 0.485. The quantitative estimate of drug-likeness (QED) is 0.410. The lowest BCUT2D eigenvalue weighted by Crippen LogP contribution is -2.05. The molecule has 0 bridgehead atoms. The molecule has 0 radical (unpaired) electrons. The van der Waals surface area contributed by atoms with Gasteiger partial charge in [0.1, 0.15) is 11.5 Å². The lowest BCUT2D eigenvalue weighted by atomic mass is 10.0. The molecule has 0 spiro atoms. The van der Waals surface area contributed by atoms with Crippen LogP contribution >= 0.6 is 34.2 Å². The van der Waals surface area contributed by atoms with Crippen molar-refractivity contribution in [2.45, 2.75) is 13.8 Å². The molecule has 0 atom stereocenters. The molecule has 114 valence electrons. The van der Waals surface area contributed by atoms with Crippen LogP contribution in [0, 0.1) is 3.57 Å². The van der Waals surface area contributed by atoms with E-state index >= 15 is 0 Å². The van der Waals surface area contributed by atoms with E-state index in [0.717, 1.165) is 3.57 Å². The van der Waals surface area contributed by atoms with Crippen molar-refractivity contribution in [3.63, 3.8) is 0 Å². The van der Waals surface area contributed by atoms with Gasteiger partial charge in [0.25, 0.3) is 0 Å². The molecule has 0 heterocycles. The minimum Gasteiger partial charge on any atom is -0.426 e. The molecule has 2 rings (SSSR count). The third kappa shape index (κ3) is 4.20. The third-order valence-corrected chi connectivity index (χ3v) is 3.59. The second-order valence-corrected chi connectivity index (χ2v) is 6.15. The van der Waals surface area contributed by atoms with Crippen molar-refractivity contribution in [3.8, 4) is 22.6 Å². The number of carbonyl (C=O) groups is 2. The predicted octanol–water partition coefficient (Wildman–Crippen LogP) is 4.46. The van der Waals surface area contributed by atoms with Crippen molar-refractivity contribution in [1.29, 1.82) is 0 Å². The van der Waals surface area contributed by atoms with Gasteiger partial charge in [-0.2, -0.15) is 0 Å². The molecule has 6 heteroatoms. The number of carbonyl (C=O) groups excluding carboxylic acids is 2. The molecule has 0 aromatic heterocycles. The van der Waals surface area contributed by atoms with E-state index in [-0.39, 0.29) is 0 Å². The second kappa shape index (κ2) is 7.11. The van der Waals surface area contributed by atoms with Gasteiger partial charge >= 0.3 is 11.9 Å². The van der Waals surface area contributed by atoms with Crippen molar-refractivity contribution < 1.29 is 19.1 Å². The summed E-state index contributed by atoms with van der Waals surface area (Å²) in [5.74, 6) is -0.141. The van der Waals surface area contributed by atoms with Crippen LogP contribution in [-0.2, 0) is 9.59 Å². The maximum absolute atomic E-state index is 11.3. The summed E-state index contributed by atoms with van der Waals surface area (Å²) in [6.45, 7) is 2.65. The van der Waals surface area contributed by atoms with Gasteiger partial charge in [-0.25, -0.2) is 0 Å². The van der Waals surface area contributed by atoms with Crippen molar-refractivity contribution in [3.05, 3.63) is 45.0 Å². The van der Waals surface area contributed by atoms with Crippen molar-refractivity contribution in [2.24, 2.45) is 0 Å². The Kier molecular flexibility index (Phi) is 5.42. The molecule has 0 amide bonds. The van der Waals surface area contributed by atoms with Crippen LogP contribution in [0.1, 0.15) is 13.8 Å². The molecule has 22 heavy (non-hydrogen) atoms. The molecule has 0 aliphatic carbocycles. The van der Waals surface area contributed by atoms with Crippen molar-refractivity contribution >= 4 is 46.1 Å². The Morgan fingerprint density at radius 1 is 0.909 bits per heavy atom. The zero-order valence-electron chi connectivity index (χ0n) is 11.9. The normalized spacial score (nSPS) is 10.2. The van der Waals surface area contributed by atoms with Crippen LogP contribution in [0.15, 0.2) is 36.4 Å². The Labute approximate surface area is 146 Å². The van der Waals surface area contributed by atoms with Crippen LogP contribution in [-0.4, -0.2) is 11.9 Å². The Bertz CT molecular complexity index is 679. The van der Waals surface area contributed by atoms with Gasteiger partial charge < -0.3 is 9.47 Å². The van der Waals surface area contributed by atoms with Gasteiger partial charge in [-0.15, -0.1) is 0 Å². The second-order valence-electron chi connectivity index (χ2n) is 4.47. The zero-order valence-corrected chi connectivity index (χ0v) is 14.8. The summed E-state index contributed by atoms with van der Waals surface area (Å²) in [5.41, 5.74) is 1.21. The van der Waals surface area contributed by atoms with E-state index in [2.05, 4.69) is 22.6 Å². The van der Waals surface area contributed by atoms with E-state index in [9.17, 15) is 9.59 Å². The number of ether oxygens (including phenoxy) is 2. The summed E-state index contributed by atoms with van der Waals surface area (Å²) in [6, 6.07) is 10.2. The zero-order chi connectivity index (χ0) is 16.3. The maximum atomic E-state index is 11.3. The van der Waals surface area contributed by atoms with Crippen molar-refractivity contribution in [2.75, 3.05) is 0 Å². The molecule has 0 aliphatic heterocycles. The summed E-state index contributed by atoms with van der Waals surface area (Å²) in [6.07, 6.45) is 0. The molecular weight excluding hydrogens is 419 g/mol. The van der Waals surface area contributed by atoms with Crippen LogP contribution in [0.3, 0.4) is 0 Å². The monoisotopic (exact) mass is 430 g/mol. The van der Waals surface area contributed by atoms with Gasteiger partial charge in [-0.3, -0.25) is 9.59 Å². The van der Waals surface area contributed by atoms with Crippen LogP contribution < -0.4 is 9.47 Å². The molecule has 0 saturated heterocycles. The summed E-state index contributed by atoms with van der Waals surface area (Å²) < 4.78 is 11.4. The van der Waals surface area contributed by atoms with E-state index in [1.807, 2.05) is 12.1 Å². The average molecular weight is 431 g/mol. The maximum Gasteiger partial charge on any atom is 0.308 e. The molecule has 0 aliphatic rings. The van der Waals surface area contributed by atoms with Crippen molar-refractivity contribution in [1.82, 2.24) is 0 Å². The van der Waals surface area contributed by atoms with Crippen LogP contribution in [0.4, 0.5) is 0 Å². The van der Waals surface area contributed by atoms with Gasteiger partial charge in [0, 0.05) is 33.6 Å². The van der Waals surface area contributed by atoms with Gasteiger partial charge in [0.15, 0.2) is 0 Å². The number of rotatable bonds is 3. The highest BCUT2D eigenvalue weighted by molar-refractivity contribution is 14.1. The molecule has 0 fully saturated rings. The number of hydrogen-bond donors (Lipinski definition) is 0. The Morgan fingerprint density at radius 3 is 1.95 bits per heavy atom. The highest BCUT2D eigenvalue weighted by atomic mass is 127. The molecule has 0 unspecified atom stereocenters. The number of benzene rings is 2. The lowest BCUT2D eigenvalue weighted by molar-refractivity contribution is -0.132. The average Bonchev–Trinajstić information content (AvgIpc) is 2.42. The molecule has 0 N–H and O–H groups in total. The first kappa shape index (κ1) is 16.8. The molecular formula is C16H12ClIO4. The lowest BCUT2D eigenvalue weighted by Gasteiger charge is -2.13. The fraction of sp³-hybridized carbons (Fsp3) is 0.125. The van der Waals surface area contributed by atoms with Crippen LogP contribution in [0.2, 0.25) is 5.02 Å². The first-order valence-corrected chi connectivity index (χ1v) is 7.79. The predicted molar refractivity (Wildman–Crippen MR) is 92.2 cm³/mol. The number of halogens is 2. The molecule has 2 aromatic carbocycles. The third-order valence-electron chi connectivity index (χ3n) is 2.68. The van der Waals surface area contributed by atoms with E-state index in [4.69, 9.17) is 21.1 Å². The van der Waals surface area contributed by atoms with Gasteiger partial charge in [0.2, 0.25) is 0 Å². The number of hydrogen-bond acceptors (Lipinski definition) is 4. The first-order valence-electron chi connectivity index (χ1n) is 6.33. The highest BCUT2D eigenvalue weighted by Crippen LogP contribution is 2.39. The van der Waals surface area contributed by atoms with Gasteiger partial charge in [-0.05, 0) is 59.0 Å². The summed E-state index contributed by atoms with van der Waals surface area (Å²) in [4.78, 5) is 22.5. The topological polar surface area (TPSA) is 52.6 Å².